The summed E-state index contributed by atoms with van der Waals surface area (Å²) >= 11 is 28.3. The zero-order chi connectivity index (χ0) is 66.4. The van der Waals surface area contributed by atoms with Gasteiger partial charge in [-0.15, -0.1) is 11.5 Å². The van der Waals surface area contributed by atoms with Gasteiger partial charge in [-0.1, -0.05) is 251 Å². The van der Waals surface area contributed by atoms with Crippen LogP contribution in [0.25, 0.3) is 17.3 Å². The summed E-state index contributed by atoms with van der Waals surface area (Å²) in [6.45, 7) is 12.0. The van der Waals surface area contributed by atoms with Gasteiger partial charge in [0.15, 0.2) is 23.1 Å². The molecule has 8 N–H and O–H groups in total. The van der Waals surface area contributed by atoms with Crippen molar-refractivity contribution in [3.63, 3.8) is 0 Å². The van der Waals surface area contributed by atoms with Crippen molar-refractivity contribution in [3.8, 4) is 0 Å². The number of aliphatic hydroxyl groups excluding tert-OH is 2. The van der Waals surface area contributed by atoms with E-state index >= 15 is 0 Å². The molecule has 0 saturated carbocycles. The predicted octanol–water partition coefficient (Wildman–Crippen LogP) is 14.8. The van der Waals surface area contributed by atoms with Gasteiger partial charge in [-0.25, -0.2) is 4.79 Å². The molecule has 95 heavy (non-hydrogen) atoms. The first-order chi connectivity index (χ1) is 42.0. The first-order valence-corrected chi connectivity index (χ1v) is 29.0. The summed E-state index contributed by atoms with van der Waals surface area (Å²) in [6, 6.07) is 58.3. The standard InChI is InChI=1S/C24H20O3.C13H18ClNO.2C9H9ClO2.C9H7ClO2.C7H5ClO2.4CH4.2H2O/c25-22(18-10-4-1-5-11-18)16-21(24(27)20-14-8-3-9-15-20)17-23(26)19-12-6-2-7-13-19;1-9(15-13(2,3)4)12(16)10-6-5-7-11(14)8-10;3*1-6(11)9(12)7-3-2-4-8(10)5-7;8-6-3-1-2-5(4-6)7(9)10;;;;;;/h1-17,25-27H;5-9,15H,1-4H3;2-5,9,12H,1H3;2-6,11H,1H3;2-5H,1H3;1-4H,(H,9,10);4*1H4;2*1H2/p-3. The number of hydrogen-bond donors (Lipinski definition) is 4. The number of carboxylic acids is 1. The Morgan fingerprint density at radius 3 is 1.08 bits per heavy atom. The first kappa shape index (κ1) is 92.9. The zero-order valence-corrected chi connectivity index (χ0v) is 54.3. The molecular formula is C75H85Cl5NO14-3. The van der Waals surface area contributed by atoms with Gasteiger partial charge in [0, 0.05) is 54.3 Å². The number of carbonyl (C=O) groups is 6. The maximum absolute atomic E-state index is 12.9. The number of carbonyl (C=O) groups excluding carboxylic acids is 5. The van der Waals surface area contributed by atoms with Crippen molar-refractivity contribution < 1.29 is 70.4 Å². The fraction of sp³-hybridized carbons (Fsp3) is 0.200. The van der Waals surface area contributed by atoms with Gasteiger partial charge in [-0.05, 0) is 136 Å². The van der Waals surface area contributed by atoms with Gasteiger partial charge in [-0.2, -0.15) is 0 Å². The third kappa shape index (κ3) is 35.0. The number of allylic oxidation sites excluding steroid dienone is 3. The lowest BCUT2D eigenvalue weighted by Crippen LogP contribution is -2.46. The van der Waals surface area contributed by atoms with E-state index in [1.807, 2.05) is 39.8 Å². The minimum atomic E-state index is -1.05. The van der Waals surface area contributed by atoms with Crippen LogP contribution in [0, 0.1) is 0 Å². The van der Waals surface area contributed by atoms with E-state index in [4.69, 9.17) is 68.2 Å². The van der Waals surface area contributed by atoms with E-state index in [2.05, 4.69) is 5.32 Å². The lowest BCUT2D eigenvalue weighted by atomic mass is 10.0. The fourth-order valence-electron chi connectivity index (χ4n) is 7.44. The maximum atomic E-state index is 12.9. The Hall–Kier alpha value is -8.55. The lowest BCUT2D eigenvalue weighted by Gasteiger charge is -2.25. The van der Waals surface area contributed by atoms with Gasteiger partial charge >= 0.3 is 5.97 Å². The minimum Gasteiger partial charge on any atom is -0.872 e. The van der Waals surface area contributed by atoms with E-state index < -0.39 is 29.7 Å². The summed E-state index contributed by atoms with van der Waals surface area (Å²) in [5.74, 6) is -3.48. The molecule has 0 heterocycles. The molecule has 8 aromatic rings. The van der Waals surface area contributed by atoms with Crippen LogP contribution in [0.4, 0.5) is 0 Å². The first-order valence-electron chi connectivity index (χ1n) is 27.1. The zero-order valence-electron chi connectivity index (χ0n) is 50.5. The van der Waals surface area contributed by atoms with Crippen molar-refractivity contribution in [2.45, 2.75) is 102 Å². The number of ketones is 5. The molecule has 8 rings (SSSR count). The van der Waals surface area contributed by atoms with Gasteiger partial charge < -0.3 is 46.9 Å². The van der Waals surface area contributed by atoms with Crippen molar-refractivity contribution in [2.75, 3.05) is 0 Å². The molecule has 15 nitrogen and oxygen atoms in total. The van der Waals surface area contributed by atoms with Crippen molar-refractivity contribution >= 4 is 110 Å². The summed E-state index contributed by atoms with van der Waals surface area (Å²) in [4.78, 5) is 66.0. The molecule has 512 valence electrons. The molecule has 0 aliphatic carbocycles. The number of carboxylic acid groups (broad SMARTS) is 1. The van der Waals surface area contributed by atoms with E-state index in [1.165, 1.54) is 57.2 Å². The molecule has 0 fully saturated rings. The second kappa shape index (κ2) is 47.3. The number of benzene rings is 8. The topological polar surface area (TPSA) is 307 Å². The number of aliphatic hydroxyl groups is 2. The van der Waals surface area contributed by atoms with E-state index in [9.17, 15) is 49.2 Å². The molecule has 0 amide bonds. The van der Waals surface area contributed by atoms with Crippen LogP contribution < -0.4 is 20.6 Å². The highest BCUT2D eigenvalue weighted by molar-refractivity contribution is 6.43. The Bertz CT molecular complexity index is 3680. The Labute approximate surface area is 583 Å². The Morgan fingerprint density at radius 1 is 0.442 bits per heavy atom. The quantitative estimate of drug-likeness (QED) is 0.0321. The number of rotatable bonds is 15. The van der Waals surface area contributed by atoms with Crippen molar-refractivity contribution in [1.82, 2.24) is 5.32 Å². The van der Waals surface area contributed by atoms with Crippen LogP contribution in [-0.4, -0.2) is 78.8 Å². The smallest absolute Gasteiger partial charge is 0.335 e. The fourth-order valence-corrected chi connectivity index (χ4v) is 8.40. The number of nitrogens with one attached hydrogen (secondary N) is 1. The highest BCUT2D eigenvalue weighted by Gasteiger charge is 2.21. The largest absolute Gasteiger partial charge is 0.872 e. The SMILES string of the molecule is C.C.C.C.CC(=O)C(=O)c1cccc(Cl)c1.CC(=O)C(O)c1cccc(Cl)c1.CC(NC(C)(C)C)C(=O)c1cccc(Cl)c1.CC(O)C(=O)c1cccc(Cl)c1.O.O.O=C(O)c1cccc(Cl)c1.[O-]C(=CC(C=C([O-])c1ccccc1)=C([O-])c1ccccc1)c1ccccc1. The van der Waals surface area contributed by atoms with E-state index in [-0.39, 0.29) is 98.0 Å². The van der Waals surface area contributed by atoms with Crippen molar-refractivity contribution in [2.24, 2.45) is 0 Å². The summed E-state index contributed by atoms with van der Waals surface area (Å²) < 4.78 is 0. The molecule has 0 radical (unpaired) electrons. The highest BCUT2D eigenvalue weighted by atomic mass is 35.5. The van der Waals surface area contributed by atoms with Crippen LogP contribution in [0.2, 0.25) is 25.1 Å². The van der Waals surface area contributed by atoms with Crippen LogP contribution in [0.5, 0.6) is 0 Å². The van der Waals surface area contributed by atoms with Gasteiger partial charge in [0.2, 0.25) is 5.78 Å². The minimum absolute atomic E-state index is 0. The average molecular weight is 1400 g/mol. The Morgan fingerprint density at radius 2 is 0.758 bits per heavy atom. The van der Waals surface area contributed by atoms with Gasteiger partial charge in [0.25, 0.3) is 0 Å². The molecule has 3 unspecified atom stereocenters. The van der Waals surface area contributed by atoms with Crippen LogP contribution in [-0.2, 0) is 9.59 Å². The van der Waals surface area contributed by atoms with Crippen LogP contribution in [0.15, 0.2) is 230 Å². The Kier molecular flexibility index (Phi) is 46.3. The molecular weight excluding hydrogens is 1320 g/mol. The molecule has 0 aliphatic heterocycles. The van der Waals surface area contributed by atoms with Crippen molar-refractivity contribution in [1.29, 1.82) is 0 Å². The van der Waals surface area contributed by atoms with Crippen LogP contribution in [0.3, 0.4) is 0 Å². The molecule has 0 aliphatic rings. The highest BCUT2D eigenvalue weighted by Crippen LogP contribution is 2.23. The molecule has 0 saturated heterocycles. The molecule has 0 spiro atoms. The number of Topliss-reactive ketones (excluding diaryl/α,β-unsaturated/α-hetero) is 5. The molecule has 0 bridgehead atoms. The molecule has 8 aromatic carbocycles. The van der Waals surface area contributed by atoms with E-state index in [0.29, 0.717) is 64.1 Å². The average Bonchev–Trinajstić information content (AvgIpc) is 0.892. The van der Waals surface area contributed by atoms with E-state index in [0.717, 1.165) is 0 Å². The normalized spacial score (nSPS) is 11.0. The van der Waals surface area contributed by atoms with Crippen molar-refractivity contribution in [3.05, 3.63) is 300 Å². The summed E-state index contributed by atoms with van der Waals surface area (Å²) in [5.41, 5.74) is 3.50. The second-order valence-electron chi connectivity index (χ2n) is 20.2. The monoisotopic (exact) mass is 1400 g/mol. The lowest BCUT2D eigenvalue weighted by molar-refractivity contribution is -0.248. The number of aromatic carboxylic acids is 1. The Balaban J connectivity index is -0.000000537. The van der Waals surface area contributed by atoms with Gasteiger partial charge in [-0.3, -0.25) is 24.0 Å². The third-order valence-electron chi connectivity index (χ3n) is 11.7. The predicted molar refractivity (Wildman–Crippen MR) is 384 cm³/mol. The number of halogens is 5. The third-order valence-corrected chi connectivity index (χ3v) is 12.8. The number of hydrogen-bond acceptors (Lipinski definition) is 12. The van der Waals surface area contributed by atoms with E-state index in [1.54, 1.807) is 176 Å². The maximum Gasteiger partial charge on any atom is 0.335 e. The van der Waals surface area contributed by atoms with Crippen LogP contribution >= 0.6 is 58.0 Å². The summed E-state index contributed by atoms with van der Waals surface area (Å²) in [7, 11) is 0. The molecule has 3 atom stereocenters. The second-order valence-corrected chi connectivity index (χ2v) is 22.4. The summed E-state index contributed by atoms with van der Waals surface area (Å²) in [6.07, 6.45) is 0.434. The van der Waals surface area contributed by atoms with Crippen LogP contribution in [0.1, 0.15) is 148 Å². The summed E-state index contributed by atoms with van der Waals surface area (Å²) in [5, 5.41) is 70.5. The van der Waals surface area contributed by atoms with Gasteiger partial charge in [0.05, 0.1) is 11.6 Å². The van der Waals surface area contributed by atoms with Gasteiger partial charge in [0.1, 0.15) is 12.2 Å². The molecule has 0 aromatic heterocycles. The molecule has 20 heteroatoms.